The van der Waals surface area contributed by atoms with E-state index in [1.807, 2.05) is 26.1 Å². The van der Waals surface area contributed by atoms with Crippen molar-refractivity contribution in [3.63, 3.8) is 0 Å². The van der Waals surface area contributed by atoms with E-state index in [0.717, 1.165) is 41.8 Å². The smallest absolute Gasteiger partial charge is 0.0621 e. The van der Waals surface area contributed by atoms with Crippen LogP contribution in [0.5, 0.6) is 0 Å². The molecule has 0 aromatic heterocycles. The lowest BCUT2D eigenvalue weighted by Gasteiger charge is -2.27. The van der Waals surface area contributed by atoms with Gasteiger partial charge in [-0.2, -0.15) is 0 Å². The molecule has 0 aliphatic heterocycles. The van der Waals surface area contributed by atoms with Crippen LogP contribution in [0.1, 0.15) is 47.0 Å². The van der Waals surface area contributed by atoms with Crippen LogP contribution in [0.4, 0.5) is 0 Å². The lowest BCUT2D eigenvalue weighted by atomic mass is 9.84. The van der Waals surface area contributed by atoms with E-state index < -0.39 is 0 Å². The van der Waals surface area contributed by atoms with E-state index in [-0.39, 0.29) is 12.0 Å². The van der Waals surface area contributed by atoms with E-state index in [2.05, 4.69) is 58.5 Å². The van der Waals surface area contributed by atoms with Gasteiger partial charge in [0.25, 0.3) is 0 Å². The molecule has 2 atom stereocenters. The fourth-order valence-electron chi connectivity index (χ4n) is 2.48. The van der Waals surface area contributed by atoms with Crippen molar-refractivity contribution in [1.82, 2.24) is 5.32 Å². The number of aliphatic imine (C=N–C) groups is 1. The van der Waals surface area contributed by atoms with Gasteiger partial charge >= 0.3 is 0 Å². The predicted octanol–water partition coefficient (Wildman–Crippen LogP) is 5.87. The number of rotatable bonds is 12. The van der Waals surface area contributed by atoms with Crippen LogP contribution in [0.2, 0.25) is 0 Å². The minimum Gasteiger partial charge on any atom is -0.392 e. The van der Waals surface area contributed by atoms with Crippen LogP contribution >= 0.6 is 0 Å². The standard InChI is InChI=1S/C22H36N2/c1-10-12-17(5)13-14-21(18(6)11-2)22(15-19(7)23-9)24-20(8)16(3)4/h10-12,16,21-23H,2,5-7,13-15H2,1,3-4,8-9H3/b12-10-,24-20?. The number of allylic oxidation sites excluding steroid dienone is 4. The molecule has 24 heavy (non-hydrogen) atoms. The van der Waals surface area contributed by atoms with E-state index in [4.69, 9.17) is 4.99 Å². The van der Waals surface area contributed by atoms with E-state index >= 15 is 0 Å². The van der Waals surface area contributed by atoms with Gasteiger partial charge < -0.3 is 5.32 Å². The molecular formula is C22H36N2. The lowest BCUT2D eigenvalue weighted by Crippen LogP contribution is -2.25. The zero-order chi connectivity index (χ0) is 18.7. The summed E-state index contributed by atoms with van der Waals surface area (Å²) in [6, 6.07) is 0.122. The van der Waals surface area contributed by atoms with Crippen LogP contribution in [0.15, 0.2) is 66.4 Å². The first-order chi connectivity index (χ1) is 11.3. The van der Waals surface area contributed by atoms with Crippen molar-refractivity contribution in [2.75, 3.05) is 7.05 Å². The number of nitrogens with one attached hydrogen (secondary N) is 1. The molecule has 0 bridgehead atoms. The van der Waals surface area contributed by atoms with Crippen LogP contribution in [-0.4, -0.2) is 18.8 Å². The molecule has 2 unspecified atom stereocenters. The normalized spacial score (nSPS) is 14.5. The zero-order valence-corrected chi connectivity index (χ0v) is 16.4. The summed E-state index contributed by atoms with van der Waals surface area (Å²) >= 11 is 0. The van der Waals surface area contributed by atoms with Crippen LogP contribution < -0.4 is 5.32 Å². The predicted molar refractivity (Wildman–Crippen MR) is 111 cm³/mol. The Balaban J connectivity index is 5.49. The van der Waals surface area contributed by atoms with Crippen molar-refractivity contribution in [2.24, 2.45) is 16.8 Å². The molecule has 1 N–H and O–H groups in total. The molecule has 0 fully saturated rings. The van der Waals surface area contributed by atoms with Crippen molar-refractivity contribution in [1.29, 1.82) is 0 Å². The van der Waals surface area contributed by atoms with Crippen molar-refractivity contribution in [3.05, 3.63) is 61.4 Å². The highest BCUT2D eigenvalue weighted by Gasteiger charge is 2.23. The lowest BCUT2D eigenvalue weighted by molar-refractivity contribution is 0.449. The third-order valence-electron chi connectivity index (χ3n) is 4.40. The fraction of sp³-hybridized carbons (Fsp3) is 0.500. The van der Waals surface area contributed by atoms with E-state index in [1.165, 1.54) is 0 Å². The highest BCUT2D eigenvalue weighted by Crippen LogP contribution is 2.29. The summed E-state index contributed by atoms with van der Waals surface area (Å²) in [6.07, 6.45) is 8.65. The summed E-state index contributed by atoms with van der Waals surface area (Å²) < 4.78 is 0. The molecular weight excluding hydrogens is 292 g/mol. The topological polar surface area (TPSA) is 24.4 Å². The van der Waals surface area contributed by atoms with Crippen LogP contribution in [0, 0.1) is 11.8 Å². The van der Waals surface area contributed by atoms with E-state index in [1.54, 1.807) is 0 Å². The zero-order valence-electron chi connectivity index (χ0n) is 16.4. The second-order valence-corrected chi connectivity index (χ2v) is 6.63. The van der Waals surface area contributed by atoms with Gasteiger partial charge in [0.2, 0.25) is 0 Å². The van der Waals surface area contributed by atoms with Gasteiger partial charge in [-0.3, -0.25) is 4.99 Å². The Kier molecular flexibility index (Phi) is 10.8. The van der Waals surface area contributed by atoms with Crippen LogP contribution in [-0.2, 0) is 0 Å². The second-order valence-electron chi connectivity index (χ2n) is 6.63. The Bertz CT molecular complexity index is 506. The monoisotopic (exact) mass is 328 g/mol. The number of nitrogens with zero attached hydrogens (tertiary/aromatic N) is 1. The summed E-state index contributed by atoms with van der Waals surface area (Å²) in [5.74, 6) is 0.675. The van der Waals surface area contributed by atoms with Crippen LogP contribution in [0.25, 0.3) is 0 Å². The van der Waals surface area contributed by atoms with Crippen molar-refractivity contribution in [2.45, 2.75) is 53.0 Å². The SMILES string of the molecule is C=CC(=C)C(CCC(=C)/C=C\C)C(CC(=C)NC)N=C(C)C(C)C. The maximum absolute atomic E-state index is 5.02. The minimum atomic E-state index is 0.122. The summed E-state index contributed by atoms with van der Waals surface area (Å²) in [6.45, 7) is 24.8. The fourth-order valence-corrected chi connectivity index (χ4v) is 2.48. The van der Waals surface area contributed by atoms with Gasteiger partial charge in [0.05, 0.1) is 6.04 Å². The number of hydrogen-bond donors (Lipinski definition) is 1. The van der Waals surface area contributed by atoms with Gasteiger partial charge in [-0.1, -0.05) is 69.5 Å². The van der Waals surface area contributed by atoms with E-state index in [9.17, 15) is 0 Å². The van der Waals surface area contributed by atoms with Gasteiger partial charge in [0.1, 0.15) is 0 Å². The molecule has 0 spiro atoms. The molecule has 2 nitrogen and oxygen atoms in total. The van der Waals surface area contributed by atoms with E-state index in [0.29, 0.717) is 5.92 Å². The second kappa shape index (κ2) is 11.7. The first-order valence-electron chi connectivity index (χ1n) is 8.78. The van der Waals surface area contributed by atoms with Crippen molar-refractivity contribution < 1.29 is 0 Å². The maximum atomic E-state index is 5.02. The number of hydrogen-bond acceptors (Lipinski definition) is 2. The molecule has 0 radical (unpaired) electrons. The van der Waals surface area contributed by atoms with Crippen LogP contribution in [0.3, 0.4) is 0 Å². The average Bonchev–Trinajstić information content (AvgIpc) is 2.54. The first-order valence-corrected chi connectivity index (χ1v) is 8.78. The van der Waals surface area contributed by atoms with Gasteiger partial charge in [-0.05, 0) is 32.6 Å². The molecule has 0 heterocycles. The molecule has 0 saturated carbocycles. The highest BCUT2D eigenvalue weighted by atomic mass is 14.9. The molecule has 0 saturated heterocycles. The van der Waals surface area contributed by atoms with Gasteiger partial charge in [0, 0.05) is 30.8 Å². The van der Waals surface area contributed by atoms with Gasteiger partial charge in [0.15, 0.2) is 0 Å². The largest absolute Gasteiger partial charge is 0.392 e. The molecule has 0 aliphatic rings. The Hall–Kier alpha value is -1.83. The first kappa shape index (κ1) is 22.2. The Morgan fingerprint density at radius 1 is 1.21 bits per heavy atom. The molecule has 0 rings (SSSR count). The summed E-state index contributed by atoms with van der Waals surface area (Å²) in [7, 11) is 1.91. The molecule has 0 aliphatic carbocycles. The Labute approximate surface area is 149 Å². The highest BCUT2D eigenvalue weighted by molar-refractivity contribution is 5.83. The molecule has 134 valence electrons. The van der Waals surface area contributed by atoms with Crippen molar-refractivity contribution >= 4 is 5.71 Å². The average molecular weight is 329 g/mol. The van der Waals surface area contributed by atoms with Gasteiger partial charge in [-0.15, -0.1) is 0 Å². The minimum absolute atomic E-state index is 0.122. The summed E-state index contributed by atoms with van der Waals surface area (Å²) in [5.41, 5.74) is 4.33. The van der Waals surface area contributed by atoms with Gasteiger partial charge in [-0.25, -0.2) is 0 Å². The molecule has 2 heteroatoms. The molecule has 0 aromatic rings. The Morgan fingerprint density at radius 3 is 2.29 bits per heavy atom. The summed E-state index contributed by atoms with van der Waals surface area (Å²) in [5, 5.41) is 3.15. The molecule has 0 aromatic carbocycles. The third kappa shape index (κ3) is 8.14. The van der Waals surface area contributed by atoms with Crippen molar-refractivity contribution in [3.8, 4) is 0 Å². The third-order valence-corrected chi connectivity index (χ3v) is 4.40. The maximum Gasteiger partial charge on any atom is 0.0621 e. The quantitative estimate of drug-likeness (QED) is 0.352. The Morgan fingerprint density at radius 2 is 1.83 bits per heavy atom. The summed E-state index contributed by atoms with van der Waals surface area (Å²) in [4.78, 5) is 5.02. The molecule has 0 amide bonds.